The van der Waals surface area contributed by atoms with Gasteiger partial charge in [0.2, 0.25) is 0 Å². The lowest BCUT2D eigenvalue weighted by Crippen LogP contribution is -2.22. The van der Waals surface area contributed by atoms with Crippen LogP contribution in [0.2, 0.25) is 0 Å². The Morgan fingerprint density at radius 1 is 1.00 bits per heavy atom. The molecule has 0 saturated carbocycles. The summed E-state index contributed by atoms with van der Waals surface area (Å²) in [6.45, 7) is 2.95. The summed E-state index contributed by atoms with van der Waals surface area (Å²) in [7, 11) is 2.09. The standard InChI is InChI=1S/C18H23NO/c1-3-18(20)16-11-7-8-12-17(16)19(2)14-13-15-9-5-4-6-10-15/h4-12,18,20H,3,13-14H2,1-2H3. The molecule has 0 aliphatic heterocycles. The van der Waals surface area contributed by atoms with Crippen LogP contribution in [0.4, 0.5) is 5.69 Å². The summed E-state index contributed by atoms with van der Waals surface area (Å²) < 4.78 is 0. The number of aliphatic hydroxyl groups excluding tert-OH is 1. The van der Waals surface area contributed by atoms with Crippen molar-refractivity contribution in [2.45, 2.75) is 25.9 Å². The van der Waals surface area contributed by atoms with E-state index in [-0.39, 0.29) is 6.10 Å². The van der Waals surface area contributed by atoms with Crippen molar-refractivity contribution in [1.29, 1.82) is 0 Å². The summed E-state index contributed by atoms with van der Waals surface area (Å²) in [5.41, 5.74) is 3.48. The Kier molecular flexibility index (Phi) is 5.19. The third-order valence-corrected chi connectivity index (χ3v) is 3.67. The van der Waals surface area contributed by atoms with Gasteiger partial charge >= 0.3 is 0 Å². The average Bonchev–Trinajstić information content (AvgIpc) is 2.52. The van der Waals surface area contributed by atoms with Crippen LogP contribution in [-0.4, -0.2) is 18.7 Å². The molecule has 106 valence electrons. The first-order valence-electron chi connectivity index (χ1n) is 7.24. The maximum Gasteiger partial charge on any atom is 0.0807 e. The summed E-state index contributed by atoms with van der Waals surface area (Å²) in [5.74, 6) is 0. The van der Waals surface area contributed by atoms with Gasteiger partial charge in [-0.05, 0) is 24.5 Å². The Balaban J connectivity index is 2.07. The average molecular weight is 269 g/mol. The molecule has 0 heterocycles. The maximum absolute atomic E-state index is 10.1. The lowest BCUT2D eigenvalue weighted by atomic mass is 10.0. The van der Waals surface area contributed by atoms with Gasteiger partial charge < -0.3 is 10.0 Å². The third-order valence-electron chi connectivity index (χ3n) is 3.67. The Labute approximate surface area is 121 Å². The summed E-state index contributed by atoms with van der Waals surface area (Å²) in [6, 6.07) is 18.6. The molecule has 1 unspecified atom stereocenters. The van der Waals surface area contributed by atoms with Gasteiger partial charge in [-0.25, -0.2) is 0 Å². The molecule has 0 fully saturated rings. The topological polar surface area (TPSA) is 23.5 Å². The van der Waals surface area contributed by atoms with Crippen molar-refractivity contribution in [1.82, 2.24) is 0 Å². The third kappa shape index (κ3) is 3.61. The lowest BCUT2D eigenvalue weighted by Gasteiger charge is -2.24. The van der Waals surface area contributed by atoms with Crippen molar-refractivity contribution in [3.63, 3.8) is 0 Å². The highest BCUT2D eigenvalue weighted by Gasteiger charge is 2.12. The molecule has 1 N–H and O–H groups in total. The van der Waals surface area contributed by atoms with Crippen molar-refractivity contribution >= 4 is 5.69 Å². The number of likely N-dealkylation sites (N-methyl/N-ethyl adjacent to an activating group) is 1. The van der Waals surface area contributed by atoms with Crippen LogP contribution in [0.25, 0.3) is 0 Å². The Bertz CT molecular complexity index is 524. The number of nitrogens with zero attached hydrogens (tertiary/aromatic N) is 1. The van der Waals surface area contributed by atoms with Crippen molar-refractivity contribution in [2.24, 2.45) is 0 Å². The van der Waals surface area contributed by atoms with E-state index in [9.17, 15) is 5.11 Å². The highest BCUT2D eigenvalue weighted by Crippen LogP contribution is 2.27. The predicted molar refractivity (Wildman–Crippen MR) is 85.1 cm³/mol. The van der Waals surface area contributed by atoms with Crippen LogP contribution in [0, 0.1) is 0 Å². The van der Waals surface area contributed by atoms with Crippen molar-refractivity contribution in [3.05, 3.63) is 65.7 Å². The van der Waals surface area contributed by atoms with Crippen LogP contribution >= 0.6 is 0 Å². The minimum atomic E-state index is -0.384. The van der Waals surface area contributed by atoms with Crippen molar-refractivity contribution in [2.75, 3.05) is 18.5 Å². The van der Waals surface area contributed by atoms with E-state index in [1.165, 1.54) is 5.56 Å². The molecule has 0 spiro atoms. The van der Waals surface area contributed by atoms with Gasteiger partial charge in [0.1, 0.15) is 0 Å². The van der Waals surface area contributed by atoms with Gasteiger partial charge in [0.15, 0.2) is 0 Å². The number of hydrogen-bond donors (Lipinski definition) is 1. The smallest absolute Gasteiger partial charge is 0.0807 e. The molecule has 0 aliphatic rings. The summed E-state index contributed by atoms with van der Waals surface area (Å²) >= 11 is 0. The first-order chi connectivity index (χ1) is 9.72. The van der Waals surface area contributed by atoms with Gasteiger partial charge in [-0.3, -0.25) is 0 Å². The Morgan fingerprint density at radius 3 is 2.35 bits per heavy atom. The van der Waals surface area contributed by atoms with E-state index in [2.05, 4.69) is 42.3 Å². The zero-order valence-corrected chi connectivity index (χ0v) is 12.3. The molecule has 0 radical (unpaired) electrons. The molecule has 2 aromatic rings. The van der Waals surface area contributed by atoms with Gasteiger partial charge in [0.25, 0.3) is 0 Å². The van der Waals surface area contributed by atoms with Gasteiger partial charge in [-0.2, -0.15) is 0 Å². The maximum atomic E-state index is 10.1. The normalized spacial score (nSPS) is 12.2. The number of para-hydroxylation sites is 1. The number of aliphatic hydroxyl groups is 1. The largest absolute Gasteiger partial charge is 0.388 e. The second-order valence-corrected chi connectivity index (χ2v) is 5.14. The molecular weight excluding hydrogens is 246 g/mol. The molecule has 0 aliphatic carbocycles. The molecule has 0 saturated heterocycles. The first-order valence-corrected chi connectivity index (χ1v) is 7.24. The number of hydrogen-bond acceptors (Lipinski definition) is 2. The fourth-order valence-electron chi connectivity index (χ4n) is 2.40. The van der Waals surface area contributed by atoms with Gasteiger partial charge in [-0.1, -0.05) is 55.5 Å². The molecular formula is C18H23NO. The zero-order chi connectivity index (χ0) is 14.4. The van der Waals surface area contributed by atoms with Gasteiger partial charge in [-0.15, -0.1) is 0 Å². The minimum Gasteiger partial charge on any atom is -0.388 e. The van der Waals surface area contributed by atoms with Crippen LogP contribution in [0.5, 0.6) is 0 Å². The van der Waals surface area contributed by atoms with E-state index in [0.717, 1.165) is 30.6 Å². The van der Waals surface area contributed by atoms with Crippen molar-refractivity contribution < 1.29 is 5.11 Å². The van der Waals surface area contributed by atoms with Crippen molar-refractivity contribution in [3.8, 4) is 0 Å². The fraction of sp³-hybridized carbons (Fsp3) is 0.333. The molecule has 2 rings (SSSR count). The molecule has 0 aromatic heterocycles. The van der Waals surface area contributed by atoms with Gasteiger partial charge in [0, 0.05) is 24.8 Å². The molecule has 0 amide bonds. The Morgan fingerprint density at radius 2 is 1.65 bits per heavy atom. The SMILES string of the molecule is CCC(O)c1ccccc1N(C)CCc1ccccc1. The van der Waals surface area contributed by atoms with E-state index in [4.69, 9.17) is 0 Å². The minimum absolute atomic E-state index is 0.384. The molecule has 0 bridgehead atoms. The number of rotatable bonds is 6. The second-order valence-electron chi connectivity index (χ2n) is 5.14. The highest BCUT2D eigenvalue weighted by molar-refractivity contribution is 5.54. The van der Waals surface area contributed by atoms with Crippen LogP contribution in [0.15, 0.2) is 54.6 Å². The first kappa shape index (κ1) is 14.6. The monoisotopic (exact) mass is 269 g/mol. The summed E-state index contributed by atoms with van der Waals surface area (Å²) in [6.07, 6.45) is 1.36. The molecule has 20 heavy (non-hydrogen) atoms. The van der Waals surface area contributed by atoms with E-state index in [0.29, 0.717) is 0 Å². The van der Waals surface area contributed by atoms with E-state index < -0.39 is 0 Å². The van der Waals surface area contributed by atoms with E-state index in [1.54, 1.807) is 0 Å². The number of anilines is 1. The quantitative estimate of drug-likeness (QED) is 0.862. The zero-order valence-electron chi connectivity index (χ0n) is 12.3. The van der Waals surface area contributed by atoms with Crippen LogP contribution < -0.4 is 4.90 Å². The van der Waals surface area contributed by atoms with E-state index >= 15 is 0 Å². The molecule has 2 nitrogen and oxygen atoms in total. The predicted octanol–water partition coefficient (Wildman–Crippen LogP) is 3.81. The highest BCUT2D eigenvalue weighted by atomic mass is 16.3. The number of benzene rings is 2. The molecule has 2 heteroatoms. The van der Waals surface area contributed by atoms with E-state index in [1.807, 2.05) is 31.2 Å². The van der Waals surface area contributed by atoms with Crippen LogP contribution in [0.3, 0.4) is 0 Å². The Hall–Kier alpha value is -1.80. The van der Waals surface area contributed by atoms with Crippen LogP contribution in [0.1, 0.15) is 30.6 Å². The summed E-state index contributed by atoms with van der Waals surface area (Å²) in [5, 5.41) is 10.1. The van der Waals surface area contributed by atoms with Crippen LogP contribution in [-0.2, 0) is 6.42 Å². The molecule has 1 atom stereocenters. The summed E-state index contributed by atoms with van der Waals surface area (Å²) in [4.78, 5) is 2.22. The fourth-order valence-corrected chi connectivity index (χ4v) is 2.40. The lowest BCUT2D eigenvalue weighted by molar-refractivity contribution is 0.174. The molecule has 2 aromatic carbocycles. The second kappa shape index (κ2) is 7.11. The van der Waals surface area contributed by atoms with Gasteiger partial charge in [0.05, 0.1) is 6.10 Å².